The normalized spacial score (nSPS) is 18.9. The van der Waals surface area contributed by atoms with Crippen LogP contribution in [0.25, 0.3) is 11.1 Å². The number of halogens is 2. The minimum absolute atomic E-state index is 0.0259. The molecule has 2 atom stereocenters. The summed E-state index contributed by atoms with van der Waals surface area (Å²) in [6, 6.07) is 14.4. The van der Waals surface area contributed by atoms with Crippen LogP contribution in [-0.2, 0) is 19.1 Å². The Morgan fingerprint density at radius 3 is 2.29 bits per heavy atom. The summed E-state index contributed by atoms with van der Waals surface area (Å²) in [6.07, 6.45) is -2.82. The van der Waals surface area contributed by atoms with Crippen molar-refractivity contribution < 1.29 is 37.7 Å². The van der Waals surface area contributed by atoms with Crippen molar-refractivity contribution in [2.24, 2.45) is 0 Å². The lowest BCUT2D eigenvalue weighted by molar-refractivity contribution is -0.137. The largest absolute Gasteiger partial charge is 0.481 e. The molecule has 0 spiro atoms. The summed E-state index contributed by atoms with van der Waals surface area (Å²) in [5, 5.41) is 13.9. The lowest BCUT2D eigenvalue weighted by Crippen LogP contribution is -2.48. The van der Waals surface area contributed by atoms with Gasteiger partial charge in [0, 0.05) is 25.3 Å². The van der Waals surface area contributed by atoms with Crippen LogP contribution in [0, 0.1) is 0 Å². The molecule has 2 aromatic carbocycles. The van der Waals surface area contributed by atoms with Crippen LogP contribution >= 0.6 is 0 Å². The van der Waals surface area contributed by atoms with Crippen LogP contribution in [0.3, 0.4) is 0 Å². The molecule has 1 saturated heterocycles. The van der Waals surface area contributed by atoms with Crippen molar-refractivity contribution in [1.82, 2.24) is 10.6 Å². The van der Waals surface area contributed by atoms with E-state index in [2.05, 4.69) is 10.6 Å². The Bertz CT molecular complexity index is 1060. The number of alkyl carbamates (subject to hydrolysis) is 1. The third-order valence-corrected chi connectivity index (χ3v) is 6.16. The first-order valence-corrected chi connectivity index (χ1v) is 11.3. The van der Waals surface area contributed by atoms with E-state index < -0.39 is 49.1 Å². The van der Waals surface area contributed by atoms with Crippen molar-refractivity contribution in [2.75, 3.05) is 19.8 Å². The number of carbonyl (C=O) groups is 3. The Kier molecular flexibility index (Phi) is 7.30. The van der Waals surface area contributed by atoms with E-state index in [-0.39, 0.29) is 31.9 Å². The highest BCUT2D eigenvalue weighted by atomic mass is 19.3. The minimum atomic E-state index is -2.95. The van der Waals surface area contributed by atoms with E-state index in [0.29, 0.717) is 0 Å². The van der Waals surface area contributed by atoms with Crippen molar-refractivity contribution in [2.45, 2.75) is 43.2 Å². The molecule has 8 nitrogen and oxygen atoms in total. The van der Waals surface area contributed by atoms with Crippen molar-refractivity contribution in [3.63, 3.8) is 0 Å². The van der Waals surface area contributed by atoms with Gasteiger partial charge in [0.15, 0.2) is 0 Å². The number of aliphatic carboxylic acids is 1. The fourth-order valence-corrected chi connectivity index (χ4v) is 4.48. The van der Waals surface area contributed by atoms with Gasteiger partial charge in [-0.05, 0) is 28.7 Å². The molecule has 1 aliphatic heterocycles. The molecule has 0 radical (unpaired) electrons. The van der Waals surface area contributed by atoms with Crippen LogP contribution in [0.5, 0.6) is 0 Å². The second kappa shape index (κ2) is 10.4. The van der Waals surface area contributed by atoms with Crippen LogP contribution in [0.4, 0.5) is 13.6 Å². The van der Waals surface area contributed by atoms with Gasteiger partial charge in [0.05, 0.1) is 6.10 Å². The summed E-state index contributed by atoms with van der Waals surface area (Å²) in [6.45, 7) is -0.865. The average Bonchev–Trinajstić information content (AvgIpc) is 3.35. The maximum absolute atomic E-state index is 13.3. The molecule has 4 rings (SSSR count). The predicted molar refractivity (Wildman–Crippen MR) is 121 cm³/mol. The topological polar surface area (TPSA) is 114 Å². The van der Waals surface area contributed by atoms with E-state index in [1.165, 1.54) is 0 Å². The first kappa shape index (κ1) is 24.6. The molecule has 1 fully saturated rings. The van der Waals surface area contributed by atoms with Crippen LogP contribution in [-0.4, -0.2) is 60.9 Å². The fourth-order valence-electron chi connectivity index (χ4n) is 4.48. The molecule has 2 aromatic rings. The molecule has 35 heavy (non-hydrogen) atoms. The Morgan fingerprint density at radius 1 is 1.09 bits per heavy atom. The van der Waals surface area contributed by atoms with E-state index in [4.69, 9.17) is 14.6 Å². The molecule has 1 aliphatic carbocycles. The zero-order valence-electron chi connectivity index (χ0n) is 18.8. The van der Waals surface area contributed by atoms with E-state index in [0.717, 1.165) is 22.3 Å². The molecular formula is C25H26F2N2O6. The Labute approximate surface area is 200 Å². The van der Waals surface area contributed by atoms with Gasteiger partial charge in [-0.2, -0.15) is 0 Å². The number of benzene rings is 2. The Morgan fingerprint density at radius 2 is 1.71 bits per heavy atom. The number of ether oxygens (including phenoxy) is 2. The summed E-state index contributed by atoms with van der Waals surface area (Å²) < 4.78 is 37.0. The lowest BCUT2D eigenvalue weighted by Gasteiger charge is -2.20. The maximum Gasteiger partial charge on any atom is 0.407 e. The van der Waals surface area contributed by atoms with E-state index >= 15 is 0 Å². The molecule has 0 aromatic heterocycles. The number of rotatable bonds is 9. The van der Waals surface area contributed by atoms with Gasteiger partial charge in [0.1, 0.15) is 19.3 Å². The molecule has 10 heteroatoms. The summed E-state index contributed by atoms with van der Waals surface area (Å²) in [5.74, 6) is -4.97. The van der Waals surface area contributed by atoms with Gasteiger partial charge in [-0.25, -0.2) is 13.6 Å². The SMILES string of the molecule is O=C(O)CCC(NC(=O)OCC1c2ccccc2-c2ccccc21)C(=O)NCC1CC(F)(F)CO1. The van der Waals surface area contributed by atoms with Crippen LogP contribution in [0.15, 0.2) is 48.5 Å². The highest BCUT2D eigenvalue weighted by Gasteiger charge is 2.41. The molecule has 0 bridgehead atoms. The standard InChI is InChI=1S/C25H26F2N2O6/c26-25(27)11-15(35-14-25)12-28-23(32)21(9-10-22(30)31)29-24(33)34-13-20-18-7-3-1-5-16(18)17-6-2-4-8-19(17)20/h1-8,15,20-21H,9-14H2,(H,28,32)(H,29,33)(H,30,31). The van der Waals surface area contributed by atoms with Crippen LogP contribution in [0.1, 0.15) is 36.3 Å². The van der Waals surface area contributed by atoms with Gasteiger partial charge >= 0.3 is 12.1 Å². The number of carboxylic acids is 1. The number of carboxylic acid groups (broad SMARTS) is 1. The first-order valence-electron chi connectivity index (χ1n) is 11.3. The van der Waals surface area contributed by atoms with E-state index in [1.54, 1.807) is 0 Å². The highest BCUT2D eigenvalue weighted by Crippen LogP contribution is 2.44. The van der Waals surface area contributed by atoms with Gasteiger partial charge in [-0.15, -0.1) is 0 Å². The molecule has 2 aliphatic rings. The Hall–Kier alpha value is -3.53. The van der Waals surface area contributed by atoms with Gasteiger partial charge in [0.2, 0.25) is 5.91 Å². The molecule has 0 saturated carbocycles. The predicted octanol–water partition coefficient (Wildman–Crippen LogP) is 3.30. The summed E-state index contributed by atoms with van der Waals surface area (Å²) in [7, 11) is 0. The van der Waals surface area contributed by atoms with Crippen molar-refractivity contribution in [1.29, 1.82) is 0 Å². The smallest absolute Gasteiger partial charge is 0.407 e. The van der Waals surface area contributed by atoms with Crippen LogP contribution in [0.2, 0.25) is 0 Å². The van der Waals surface area contributed by atoms with Gasteiger partial charge < -0.3 is 25.2 Å². The number of hydrogen-bond donors (Lipinski definition) is 3. The van der Waals surface area contributed by atoms with E-state index in [9.17, 15) is 23.2 Å². The molecule has 3 N–H and O–H groups in total. The summed E-state index contributed by atoms with van der Waals surface area (Å²) in [5.41, 5.74) is 4.18. The summed E-state index contributed by atoms with van der Waals surface area (Å²) in [4.78, 5) is 36.1. The monoisotopic (exact) mass is 488 g/mol. The zero-order chi connectivity index (χ0) is 25.0. The first-order chi connectivity index (χ1) is 16.7. The van der Waals surface area contributed by atoms with Crippen LogP contribution < -0.4 is 10.6 Å². The number of amides is 2. The minimum Gasteiger partial charge on any atom is -0.481 e. The highest BCUT2D eigenvalue weighted by molar-refractivity contribution is 5.86. The quantitative estimate of drug-likeness (QED) is 0.499. The van der Waals surface area contributed by atoms with E-state index in [1.807, 2.05) is 48.5 Å². The number of alkyl halides is 2. The lowest BCUT2D eigenvalue weighted by atomic mass is 9.98. The molecule has 186 valence electrons. The number of carbonyl (C=O) groups excluding carboxylic acids is 2. The van der Waals surface area contributed by atoms with Crippen molar-refractivity contribution in [3.05, 3.63) is 59.7 Å². The van der Waals surface area contributed by atoms with Gasteiger partial charge in [-0.1, -0.05) is 48.5 Å². The van der Waals surface area contributed by atoms with Crippen molar-refractivity contribution >= 4 is 18.0 Å². The third-order valence-electron chi connectivity index (χ3n) is 6.16. The molecule has 2 unspecified atom stereocenters. The maximum atomic E-state index is 13.3. The number of hydrogen-bond acceptors (Lipinski definition) is 5. The second-order valence-electron chi connectivity index (χ2n) is 8.69. The Balaban J connectivity index is 1.35. The van der Waals surface area contributed by atoms with Crippen molar-refractivity contribution in [3.8, 4) is 11.1 Å². The number of nitrogens with one attached hydrogen (secondary N) is 2. The molecule has 1 heterocycles. The van der Waals surface area contributed by atoms with Gasteiger partial charge in [0.25, 0.3) is 5.92 Å². The fraction of sp³-hybridized carbons (Fsp3) is 0.400. The summed E-state index contributed by atoms with van der Waals surface area (Å²) >= 11 is 0. The zero-order valence-corrected chi connectivity index (χ0v) is 18.8. The number of fused-ring (bicyclic) bond motifs is 3. The van der Waals surface area contributed by atoms with Gasteiger partial charge in [-0.3, -0.25) is 9.59 Å². The molecule has 2 amide bonds. The third kappa shape index (κ3) is 5.94. The average molecular weight is 488 g/mol. The second-order valence-corrected chi connectivity index (χ2v) is 8.69. The molecular weight excluding hydrogens is 462 g/mol.